The summed E-state index contributed by atoms with van der Waals surface area (Å²) >= 11 is 1.48. The van der Waals surface area contributed by atoms with Crippen molar-refractivity contribution in [1.82, 2.24) is 13.9 Å². The van der Waals surface area contributed by atoms with Crippen molar-refractivity contribution in [3.8, 4) is 16.9 Å². The predicted octanol–water partition coefficient (Wildman–Crippen LogP) is 6.44. The highest BCUT2D eigenvalue weighted by Crippen LogP contribution is 2.32. The van der Waals surface area contributed by atoms with Crippen LogP contribution in [0.4, 0.5) is 11.4 Å². The van der Waals surface area contributed by atoms with Crippen molar-refractivity contribution in [2.75, 3.05) is 0 Å². The molecule has 0 atom stereocenters. The van der Waals surface area contributed by atoms with Crippen LogP contribution in [0.2, 0.25) is 0 Å². The lowest BCUT2D eigenvalue weighted by Gasteiger charge is -2.23. The SMILES string of the molecule is Cc1c(N=c2scc(-c3cccc([N+](=O)[O-])c3)n2C2CCCCCCC2)c(=O)n(-c2ccccc2)n1C. The van der Waals surface area contributed by atoms with Gasteiger partial charge in [0.15, 0.2) is 10.5 Å². The van der Waals surface area contributed by atoms with Crippen LogP contribution in [-0.2, 0) is 7.05 Å². The van der Waals surface area contributed by atoms with E-state index in [4.69, 9.17) is 4.99 Å². The molecule has 0 N–H and O–H groups in total. The lowest BCUT2D eigenvalue weighted by molar-refractivity contribution is -0.384. The zero-order valence-electron chi connectivity index (χ0n) is 21.2. The van der Waals surface area contributed by atoms with Gasteiger partial charge in [0.25, 0.3) is 11.2 Å². The second-order valence-corrected chi connectivity index (χ2v) is 10.4. The number of benzene rings is 2. The van der Waals surface area contributed by atoms with Gasteiger partial charge in [0, 0.05) is 36.2 Å². The first-order valence-electron chi connectivity index (χ1n) is 12.8. The summed E-state index contributed by atoms with van der Waals surface area (Å²) in [5.74, 6) is 0. The summed E-state index contributed by atoms with van der Waals surface area (Å²) in [4.78, 5) is 30.4. The minimum atomic E-state index is -0.360. The molecule has 1 fully saturated rings. The van der Waals surface area contributed by atoms with Crippen molar-refractivity contribution in [2.45, 2.75) is 57.9 Å². The fourth-order valence-corrected chi connectivity index (χ4v) is 6.19. The number of hydrogen-bond donors (Lipinski definition) is 0. The predicted molar refractivity (Wildman–Crippen MR) is 147 cm³/mol. The van der Waals surface area contributed by atoms with Gasteiger partial charge in [-0.1, -0.05) is 62.4 Å². The van der Waals surface area contributed by atoms with E-state index in [0.717, 1.165) is 53.1 Å². The first-order valence-corrected chi connectivity index (χ1v) is 13.7. The average molecular weight is 518 g/mol. The molecule has 0 saturated heterocycles. The maximum atomic E-state index is 13.6. The molecule has 1 aliphatic carbocycles. The number of nitrogens with zero attached hydrogens (tertiary/aromatic N) is 5. The highest BCUT2D eigenvalue weighted by molar-refractivity contribution is 7.07. The molecule has 2 heterocycles. The van der Waals surface area contributed by atoms with E-state index in [-0.39, 0.29) is 22.2 Å². The van der Waals surface area contributed by atoms with Gasteiger partial charge in [-0.3, -0.25) is 19.6 Å². The van der Waals surface area contributed by atoms with Crippen molar-refractivity contribution in [1.29, 1.82) is 0 Å². The number of hydrogen-bond acceptors (Lipinski definition) is 5. The first-order chi connectivity index (χ1) is 18.0. The van der Waals surface area contributed by atoms with E-state index in [9.17, 15) is 14.9 Å². The largest absolute Gasteiger partial charge is 0.313 e. The average Bonchev–Trinajstić information content (AvgIpc) is 3.39. The van der Waals surface area contributed by atoms with Crippen molar-refractivity contribution < 1.29 is 4.92 Å². The van der Waals surface area contributed by atoms with Crippen molar-refractivity contribution in [2.24, 2.45) is 12.0 Å². The summed E-state index contributed by atoms with van der Waals surface area (Å²) in [7, 11) is 1.87. The van der Waals surface area contributed by atoms with Gasteiger partial charge in [-0.15, -0.1) is 11.3 Å². The van der Waals surface area contributed by atoms with Crippen LogP contribution >= 0.6 is 11.3 Å². The first kappa shape index (κ1) is 25.0. The third-order valence-electron chi connectivity index (χ3n) is 7.27. The Morgan fingerprint density at radius 2 is 1.70 bits per heavy atom. The Kier molecular flexibility index (Phi) is 7.23. The second-order valence-electron chi connectivity index (χ2n) is 9.60. The van der Waals surface area contributed by atoms with E-state index in [1.807, 2.05) is 60.4 Å². The van der Waals surface area contributed by atoms with Crippen LogP contribution in [0.1, 0.15) is 56.7 Å². The number of nitro benzene ring substituents is 1. The Hall–Kier alpha value is -3.72. The highest BCUT2D eigenvalue weighted by atomic mass is 32.1. The van der Waals surface area contributed by atoms with Gasteiger partial charge in [-0.05, 0) is 31.9 Å². The molecule has 0 aliphatic heterocycles. The standard InChI is InChI=1S/C28H31N5O3S/c1-20-26(27(34)32(30(20)2)23-15-9-6-10-16-23)29-28-31(22-13-7-4-3-5-8-14-22)25(19-37-28)21-12-11-17-24(18-21)33(35)36/h6,9-12,15-19,22H,3-5,7-8,13-14H2,1-2H3. The van der Waals surface area contributed by atoms with E-state index < -0.39 is 0 Å². The molecule has 8 nitrogen and oxygen atoms in total. The second kappa shape index (κ2) is 10.7. The van der Waals surface area contributed by atoms with Gasteiger partial charge >= 0.3 is 0 Å². The lowest BCUT2D eigenvalue weighted by Crippen LogP contribution is -2.23. The van der Waals surface area contributed by atoms with Crippen molar-refractivity contribution >= 4 is 22.7 Å². The summed E-state index contributed by atoms with van der Waals surface area (Å²) in [5, 5.41) is 13.5. The van der Waals surface area contributed by atoms with Crippen molar-refractivity contribution in [3.63, 3.8) is 0 Å². The van der Waals surface area contributed by atoms with Crippen LogP contribution < -0.4 is 10.4 Å². The van der Waals surface area contributed by atoms with Crippen LogP contribution in [-0.4, -0.2) is 18.9 Å². The molecular formula is C28H31N5O3S. The van der Waals surface area contributed by atoms with Crippen LogP contribution in [0.3, 0.4) is 0 Å². The molecule has 4 aromatic rings. The molecule has 1 aliphatic rings. The Bertz CT molecular complexity index is 1540. The zero-order chi connectivity index (χ0) is 25.9. The van der Waals surface area contributed by atoms with Crippen LogP contribution in [0.5, 0.6) is 0 Å². The fraction of sp³-hybridized carbons (Fsp3) is 0.357. The molecule has 0 unspecified atom stereocenters. The Balaban J connectivity index is 1.70. The maximum Gasteiger partial charge on any atom is 0.297 e. The highest BCUT2D eigenvalue weighted by Gasteiger charge is 2.22. The van der Waals surface area contributed by atoms with Gasteiger partial charge in [0.05, 0.1) is 22.0 Å². The van der Waals surface area contributed by atoms with Gasteiger partial charge in [0.1, 0.15) is 0 Å². The Morgan fingerprint density at radius 1 is 1.00 bits per heavy atom. The summed E-state index contributed by atoms with van der Waals surface area (Å²) in [6, 6.07) is 16.6. The Morgan fingerprint density at radius 3 is 2.41 bits per heavy atom. The molecule has 0 radical (unpaired) electrons. The number of aromatic nitrogens is 3. The molecular weight excluding hydrogens is 486 g/mol. The number of thiazole rings is 1. The van der Waals surface area contributed by atoms with Gasteiger partial charge in [-0.2, -0.15) is 0 Å². The molecule has 37 heavy (non-hydrogen) atoms. The molecule has 2 aromatic carbocycles. The molecule has 0 spiro atoms. The minimum absolute atomic E-state index is 0.0658. The molecule has 2 aromatic heterocycles. The smallest absolute Gasteiger partial charge is 0.297 e. The fourth-order valence-electron chi connectivity index (χ4n) is 5.22. The van der Waals surface area contributed by atoms with Gasteiger partial charge in [0.2, 0.25) is 0 Å². The summed E-state index contributed by atoms with van der Waals surface area (Å²) in [5.41, 5.74) is 3.59. The van der Waals surface area contributed by atoms with E-state index >= 15 is 0 Å². The van der Waals surface area contributed by atoms with Crippen molar-refractivity contribution in [3.05, 3.63) is 90.9 Å². The maximum absolute atomic E-state index is 13.6. The van der Waals surface area contributed by atoms with Crippen LogP contribution in [0.25, 0.3) is 16.9 Å². The molecule has 9 heteroatoms. The normalized spacial score (nSPS) is 15.5. The molecule has 5 rings (SSSR count). The van der Waals surface area contributed by atoms with Gasteiger partial charge < -0.3 is 4.57 Å². The van der Waals surface area contributed by atoms with Crippen LogP contribution in [0, 0.1) is 17.0 Å². The molecule has 0 amide bonds. The number of para-hydroxylation sites is 1. The molecule has 192 valence electrons. The van der Waals surface area contributed by atoms with E-state index in [2.05, 4.69) is 4.57 Å². The number of non-ortho nitro benzene ring substituents is 1. The lowest BCUT2D eigenvalue weighted by atomic mass is 9.96. The summed E-state index contributed by atoms with van der Waals surface area (Å²) < 4.78 is 5.71. The number of rotatable bonds is 5. The monoisotopic (exact) mass is 517 g/mol. The third-order valence-corrected chi connectivity index (χ3v) is 8.11. The molecule has 0 bridgehead atoms. The Labute approximate surface area is 219 Å². The van der Waals surface area contributed by atoms with E-state index in [1.165, 1.54) is 36.7 Å². The van der Waals surface area contributed by atoms with E-state index in [1.54, 1.807) is 16.8 Å². The summed E-state index contributed by atoms with van der Waals surface area (Å²) in [6.45, 7) is 1.91. The van der Waals surface area contributed by atoms with Gasteiger partial charge in [-0.25, -0.2) is 9.67 Å². The number of nitro groups is 1. The van der Waals surface area contributed by atoms with Crippen LogP contribution in [0.15, 0.2) is 69.8 Å². The minimum Gasteiger partial charge on any atom is -0.313 e. The molecule has 1 saturated carbocycles. The van der Waals surface area contributed by atoms with E-state index in [0.29, 0.717) is 5.69 Å². The summed E-state index contributed by atoms with van der Waals surface area (Å²) in [6.07, 6.45) is 7.98. The zero-order valence-corrected chi connectivity index (χ0v) is 22.0. The third kappa shape index (κ3) is 4.96. The quantitative estimate of drug-likeness (QED) is 0.225. The topological polar surface area (TPSA) is 87.4 Å².